The molecule has 0 N–H and O–H groups in total. The zero-order valence-corrected chi connectivity index (χ0v) is 16.3. The fourth-order valence-corrected chi connectivity index (χ4v) is 3.71. The van der Waals surface area contributed by atoms with Gasteiger partial charge in [-0.25, -0.2) is 4.79 Å². The number of methoxy groups -OCH3 is 1. The lowest BCUT2D eigenvalue weighted by Gasteiger charge is -2.30. The summed E-state index contributed by atoms with van der Waals surface area (Å²) in [7, 11) is 1.42. The maximum absolute atomic E-state index is 12.6. The minimum Gasteiger partial charge on any atom is -0.466 e. The Kier molecular flexibility index (Phi) is 4.70. The van der Waals surface area contributed by atoms with Crippen molar-refractivity contribution < 1.29 is 9.53 Å². The summed E-state index contributed by atoms with van der Waals surface area (Å²) in [6.45, 7) is 4.18. The van der Waals surface area contributed by atoms with Gasteiger partial charge in [-0.2, -0.15) is 0 Å². The first-order chi connectivity index (χ1) is 13.6. The number of hydrogen-bond donors (Lipinski definition) is 0. The van der Waals surface area contributed by atoms with Crippen LogP contribution < -0.4 is 4.90 Å². The van der Waals surface area contributed by atoms with E-state index in [1.54, 1.807) is 12.4 Å². The molecule has 1 aliphatic heterocycles. The number of hydrogen-bond acceptors (Lipinski definition) is 4. The molecule has 0 saturated carbocycles. The van der Waals surface area contributed by atoms with E-state index in [0.29, 0.717) is 12.0 Å². The smallest absolute Gasteiger partial charge is 0.336 e. The van der Waals surface area contributed by atoms with E-state index in [9.17, 15) is 4.79 Å². The molecular formula is C24H22N2O2. The van der Waals surface area contributed by atoms with Crippen molar-refractivity contribution in [3.05, 3.63) is 89.4 Å². The van der Waals surface area contributed by atoms with Crippen LogP contribution in [0.25, 0.3) is 16.5 Å². The van der Waals surface area contributed by atoms with Crippen molar-refractivity contribution in [1.29, 1.82) is 0 Å². The summed E-state index contributed by atoms with van der Waals surface area (Å²) in [5.74, 6) is -0.318. The van der Waals surface area contributed by atoms with Gasteiger partial charge in [0, 0.05) is 36.0 Å². The highest BCUT2D eigenvalue weighted by molar-refractivity contribution is 6.06. The lowest BCUT2D eigenvalue weighted by atomic mass is 9.97. The van der Waals surface area contributed by atoms with Gasteiger partial charge in [-0.1, -0.05) is 29.8 Å². The number of rotatable bonds is 3. The van der Waals surface area contributed by atoms with Crippen LogP contribution in [0.1, 0.15) is 23.1 Å². The van der Waals surface area contributed by atoms with E-state index >= 15 is 0 Å². The van der Waals surface area contributed by atoms with E-state index in [2.05, 4.69) is 54.1 Å². The third-order valence-corrected chi connectivity index (χ3v) is 4.96. The van der Waals surface area contributed by atoms with E-state index in [0.717, 1.165) is 27.9 Å². The molecule has 4 heteroatoms. The molecule has 0 saturated heterocycles. The van der Waals surface area contributed by atoms with Gasteiger partial charge in [0.2, 0.25) is 0 Å². The molecule has 0 spiro atoms. The maximum atomic E-state index is 12.6. The van der Waals surface area contributed by atoms with Crippen LogP contribution in [0.4, 0.5) is 5.69 Å². The average molecular weight is 370 g/mol. The first-order valence-electron chi connectivity index (χ1n) is 9.27. The van der Waals surface area contributed by atoms with Crippen LogP contribution in [0.5, 0.6) is 0 Å². The first kappa shape index (κ1) is 18.0. The number of allylic oxidation sites excluding steroid dienone is 1. The fourth-order valence-electron chi connectivity index (χ4n) is 3.71. The van der Waals surface area contributed by atoms with E-state index in [-0.39, 0.29) is 5.97 Å². The Hall–Kier alpha value is -3.40. The Morgan fingerprint density at radius 1 is 1.11 bits per heavy atom. The highest BCUT2D eigenvalue weighted by Gasteiger charge is 2.26. The van der Waals surface area contributed by atoms with Gasteiger partial charge in [0.15, 0.2) is 0 Å². The van der Waals surface area contributed by atoms with Crippen molar-refractivity contribution in [2.45, 2.75) is 20.3 Å². The zero-order valence-electron chi connectivity index (χ0n) is 16.3. The second-order valence-electron chi connectivity index (χ2n) is 7.03. The summed E-state index contributed by atoms with van der Waals surface area (Å²) in [4.78, 5) is 18.9. The number of ether oxygens (including phenoxy) is 1. The van der Waals surface area contributed by atoms with Gasteiger partial charge in [-0.05, 0) is 49.1 Å². The standard InChI is InChI=1S/C24H22N2O2/c1-16-8-9-18-12-17(2)14-22(21(18)13-16)26-11-5-7-20(24(27)28-3)23(26)19-6-4-10-25-15-19/h4-6,8-15H,7H2,1-3H3. The number of carbonyl (C=O) groups excluding carboxylic acids is 1. The number of fused-ring (bicyclic) bond motifs is 1. The van der Waals surface area contributed by atoms with E-state index in [4.69, 9.17) is 4.74 Å². The van der Waals surface area contributed by atoms with Crippen molar-refractivity contribution >= 4 is 28.1 Å². The van der Waals surface area contributed by atoms with Gasteiger partial charge < -0.3 is 9.64 Å². The van der Waals surface area contributed by atoms with Gasteiger partial charge in [0.05, 0.1) is 24.1 Å². The summed E-state index contributed by atoms with van der Waals surface area (Å²) in [6, 6.07) is 14.6. The number of benzene rings is 2. The van der Waals surface area contributed by atoms with Crippen LogP contribution in [-0.4, -0.2) is 18.1 Å². The minimum atomic E-state index is -0.318. The molecule has 0 atom stereocenters. The molecule has 4 nitrogen and oxygen atoms in total. The predicted octanol–water partition coefficient (Wildman–Crippen LogP) is 5.16. The average Bonchev–Trinajstić information content (AvgIpc) is 2.73. The zero-order chi connectivity index (χ0) is 19.7. The molecule has 0 radical (unpaired) electrons. The second-order valence-corrected chi connectivity index (χ2v) is 7.03. The number of aryl methyl sites for hydroxylation is 2. The van der Waals surface area contributed by atoms with Crippen LogP contribution in [-0.2, 0) is 9.53 Å². The van der Waals surface area contributed by atoms with Crippen molar-refractivity contribution in [1.82, 2.24) is 4.98 Å². The number of anilines is 1. The van der Waals surface area contributed by atoms with Gasteiger partial charge in [0.1, 0.15) is 0 Å². The largest absolute Gasteiger partial charge is 0.466 e. The van der Waals surface area contributed by atoms with Crippen LogP contribution in [0.3, 0.4) is 0 Å². The third kappa shape index (κ3) is 3.18. The molecule has 2 aromatic carbocycles. The van der Waals surface area contributed by atoms with Crippen LogP contribution in [0.2, 0.25) is 0 Å². The Morgan fingerprint density at radius 2 is 1.96 bits per heavy atom. The molecule has 140 valence electrons. The molecular weight excluding hydrogens is 348 g/mol. The van der Waals surface area contributed by atoms with Gasteiger partial charge in [-0.3, -0.25) is 4.98 Å². The number of nitrogens with zero attached hydrogens (tertiary/aromatic N) is 2. The summed E-state index contributed by atoms with van der Waals surface area (Å²) in [5.41, 5.74) is 5.72. The summed E-state index contributed by atoms with van der Waals surface area (Å²) in [6.07, 6.45) is 8.07. The van der Waals surface area contributed by atoms with E-state index in [1.807, 2.05) is 24.4 Å². The number of esters is 1. The lowest BCUT2D eigenvalue weighted by molar-refractivity contribution is -0.136. The molecule has 1 aromatic heterocycles. The fraction of sp³-hybridized carbons (Fsp3) is 0.167. The molecule has 0 unspecified atom stereocenters. The first-order valence-corrected chi connectivity index (χ1v) is 9.27. The van der Waals surface area contributed by atoms with Crippen LogP contribution in [0.15, 0.2) is 72.7 Å². The molecule has 2 heterocycles. The Labute approximate surface area is 164 Å². The maximum Gasteiger partial charge on any atom is 0.336 e. The minimum absolute atomic E-state index is 0.318. The molecule has 0 fully saturated rings. The molecule has 28 heavy (non-hydrogen) atoms. The predicted molar refractivity (Wildman–Crippen MR) is 113 cm³/mol. The van der Waals surface area contributed by atoms with Gasteiger partial charge >= 0.3 is 5.97 Å². The monoisotopic (exact) mass is 370 g/mol. The van der Waals surface area contributed by atoms with Crippen molar-refractivity contribution in [2.24, 2.45) is 0 Å². The Morgan fingerprint density at radius 3 is 2.71 bits per heavy atom. The Bertz CT molecular complexity index is 1110. The molecule has 0 amide bonds. The van der Waals surface area contributed by atoms with Crippen LogP contribution >= 0.6 is 0 Å². The topological polar surface area (TPSA) is 42.4 Å². The molecule has 0 bridgehead atoms. The molecule has 4 rings (SSSR count). The van der Waals surface area contributed by atoms with Crippen molar-refractivity contribution in [3.63, 3.8) is 0 Å². The van der Waals surface area contributed by atoms with Gasteiger partial charge in [-0.15, -0.1) is 0 Å². The molecule has 0 aliphatic carbocycles. The number of carbonyl (C=O) groups is 1. The van der Waals surface area contributed by atoms with Crippen molar-refractivity contribution in [3.8, 4) is 0 Å². The lowest BCUT2D eigenvalue weighted by Crippen LogP contribution is -2.23. The summed E-state index contributed by atoms with van der Waals surface area (Å²) >= 11 is 0. The molecule has 3 aromatic rings. The Balaban J connectivity index is 2.00. The molecule has 1 aliphatic rings. The second kappa shape index (κ2) is 7.31. The summed E-state index contributed by atoms with van der Waals surface area (Å²) < 4.78 is 5.08. The van der Waals surface area contributed by atoms with E-state index in [1.165, 1.54) is 18.1 Å². The SMILES string of the molecule is COC(=O)C1=C(c2cccnc2)N(c2cc(C)cc3ccc(C)cc23)C=CC1. The highest BCUT2D eigenvalue weighted by Crippen LogP contribution is 2.38. The third-order valence-electron chi connectivity index (χ3n) is 4.96. The number of pyridine rings is 1. The van der Waals surface area contributed by atoms with E-state index < -0.39 is 0 Å². The quantitative estimate of drug-likeness (QED) is 0.597. The summed E-state index contributed by atoms with van der Waals surface area (Å²) in [5, 5.41) is 2.31. The van der Waals surface area contributed by atoms with Gasteiger partial charge in [0.25, 0.3) is 0 Å². The number of aromatic nitrogens is 1. The van der Waals surface area contributed by atoms with Crippen LogP contribution in [0, 0.1) is 13.8 Å². The van der Waals surface area contributed by atoms with Crippen molar-refractivity contribution in [2.75, 3.05) is 12.0 Å². The highest BCUT2D eigenvalue weighted by atomic mass is 16.5. The normalized spacial score (nSPS) is 13.9.